The first kappa shape index (κ1) is 16.4. The van der Waals surface area contributed by atoms with Crippen LogP contribution in [-0.4, -0.2) is 16.0 Å². The van der Waals surface area contributed by atoms with Crippen LogP contribution in [0, 0.1) is 0 Å². The van der Waals surface area contributed by atoms with Crippen molar-refractivity contribution in [1.82, 2.24) is 0 Å². The summed E-state index contributed by atoms with van der Waals surface area (Å²) in [7, 11) is 0. The summed E-state index contributed by atoms with van der Waals surface area (Å²) >= 11 is 0. The van der Waals surface area contributed by atoms with Gasteiger partial charge in [-0.3, -0.25) is 4.79 Å². The van der Waals surface area contributed by atoms with E-state index in [1.165, 1.54) is 0 Å². The molecule has 0 saturated heterocycles. The average molecular weight is 298 g/mol. The van der Waals surface area contributed by atoms with Crippen molar-refractivity contribution in [3.8, 4) is 0 Å². The van der Waals surface area contributed by atoms with E-state index in [-0.39, 0.29) is 5.78 Å². The number of aliphatic hydroxyl groups is 2. The maximum absolute atomic E-state index is 13.0. The Morgan fingerprint density at radius 3 is 1.36 bits per heavy atom. The molecule has 116 valence electrons. The molecule has 3 heteroatoms. The molecular formula is C19H22O3. The smallest absolute Gasteiger partial charge is 0.193 e. The van der Waals surface area contributed by atoms with E-state index >= 15 is 0 Å². The normalized spacial score (nSPS) is 12.3. The van der Waals surface area contributed by atoms with Crippen LogP contribution in [-0.2, 0) is 11.2 Å². The predicted octanol–water partition coefficient (Wildman–Crippen LogP) is 3.37. The lowest BCUT2D eigenvalue weighted by atomic mass is 9.85. The Morgan fingerprint density at radius 1 is 0.727 bits per heavy atom. The fourth-order valence-corrected chi connectivity index (χ4v) is 2.57. The van der Waals surface area contributed by atoms with Crippen LogP contribution in [0.3, 0.4) is 0 Å². The average Bonchev–Trinajstić information content (AvgIpc) is 2.45. The first-order chi connectivity index (χ1) is 10.1. The van der Waals surface area contributed by atoms with Crippen molar-refractivity contribution in [2.45, 2.75) is 38.9 Å². The topological polar surface area (TPSA) is 57.5 Å². The van der Waals surface area contributed by atoms with Gasteiger partial charge in [0.1, 0.15) is 0 Å². The predicted molar refractivity (Wildman–Crippen MR) is 86.8 cm³/mol. The van der Waals surface area contributed by atoms with Crippen molar-refractivity contribution < 1.29 is 15.0 Å². The van der Waals surface area contributed by atoms with E-state index in [2.05, 4.69) is 0 Å². The van der Waals surface area contributed by atoms with Gasteiger partial charge in [0, 0.05) is 11.1 Å². The number of carbonyl (C=O) groups is 1. The van der Waals surface area contributed by atoms with Crippen LogP contribution in [0.25, 0.3) is 0 Å². The van der Waals surface area contributed by atoms with Crippen LogP contribution in [0.1, 0.15) is 54.7 Å². The minimum absolute atomic E-state index is 0.199. The van der Waals surface area contributed by atoms with Gasteiger partial charge >= 0.3 is 0 Å². The van der Waals surface area contributed by atoms with Crippen LogP contribution in [0.5, 0.6) is 0 Å². The van der Waals surface area contributed by atoms with Gasteiger partial charge in [0.05, 0.1) is 11.2 Å². The summed E-state index contributed by atoms with van der Waals surface area (Å²) < 4.78 is 0. The zero-order chi connectivity index (χ0) is 16.5. The number of benzene rings is 2. The number of hydrogen-bond acceptors (Lipinski definition) is 3. The van der Waals surface area contributed by atoms with Crippen molar-refractivity contribution in [1.29, 1.82) is 0 Å². The van der Waals surface area contributed by atoms with E-state index in [1.807, 2.05) is 0 Å². The first-order valence-corrected chi connectivity index (χ1v) is 7.31. The summed E-state index contributed by atoms with van der Waals surface area (Å²) in [6.45, 7) is 6.62. The van der Waals surface area contributed by atoms with Crippen molar-refractivity contribution in [3.05, 3.63) is 70.8 Å². The Balaban J connectivity index is 2.61. The van der Waals surface area contributed by atoms with Gasteiger partial charge in [-0.2, -0.15) is 0 Å². The molecule has 0 heterocycles. The number of carbonyl (C=O) groups excluding carboxylic acids is 1. The van der Waals surface area contributed by atoms with Crippen LogP contribution in [0.2, 0.25) is 0 Å². The molecule has 0 aliphatic rings. The summed E-state index contributed by atoms with van der Waals surface area (Å²) in [4.78, 5) is 13.0. The minimum atomic E-state index is -1.12. The van der Waals surface area contributed by atoms with Crippen molar-refractivity contribution >= 4 is 5.78 Å². The van der Waals surface area contributed by atoms with Crippen molar-refractivity contribution in [3.63, 3.8) is 0 Å². The molecule has 0 bridgehead atoms. The minimum Gasteiger partial charge on any atom is -0.386 e. The van der Waals surface area contributed by atoms with Gasteiger partial charge in [-0.1, -0.05) is 48.5 Å². The van der Waals surface area contributed by atoms with Gasteiger partial charge in [-0.25, -0.2) is 0 Å². The zero-order valence-electron chi connectivity index (χ0n) is 13.4. The van der Waals surface area contributed by atoms with Gasteiger partial charge in [0.2, 0.25) is 0 Å². The van der Waals surface area contributed by atoms with Crippen molar-refractivity contribution in [2.75, 3.05) is 0 Å². The van der Waals surface area contributed by atoms with Crippen LogP contribution in [0.4, 0.5) is 0 Å². The number of rotatable bonds is 4. The second-order valence-corrected chi connectivity index (χ2v) is 6.54. The summed E-state index contributed by atoms with van der Waals surface area (Å²) in [5.41, 5.74) is -0.180. The lowest BCUT2D eigenvalue weighted by Gasteiger charge is -2.24. The lowest BCUT2D eigenvalue weighted by molar-refractivity contribution is 0.0739. The Morgan fingerprint density at radius 2 is 1.05 bits per heavy atom. The highest BCUT2D eigenvalue weighted by Crippen LogP contribution is 2.29. The van der Waals surface area contributed by atoms with E-state index < -0.39 is 11.2 Å². The summed E-state index contributed by atoms with van der Waals surface area (Å²) in [5.74, 6) is -0.199. The first-order valence-electron chi connectivity index (χ1n) is 7.31. The Kier molecular flexibility index (Phi) is 4.23. The molecule has 0 saturated carbocycles. The SMILES string of the molecule is CC(C)(O)c1ccccc1C(=O)c1ccccc1C(C)(C)O. The number of hydrogen-bond donors (Lipinski definition) is 2. The van der Waals surface area contributed by atoms with Gasteiger partial charge in [0.25, 0.3) is 0 Å². The van der Waals surface area contributed by atoms with Crippen LogP contribution < -0.4 is 0 Å². The van der Waals surface area contributed by atoms with Gasteiger partial charge in [-0.15, -0.1) is 0 Å². The molecule has 2 aromatic carbocycles. The maximum atomic E-state index is 13.0. The third-order valence-electron chi connectivity index (χ3n) is 3.66. The van der Waals surface area contributed by atoms with E-state index in [1.54, 1.807) is 76.2 Å². The van der Waals surface area contributed by atoms with E-state index in [0.717, 1.165) is 0 Å². The third kappa shape index (κ3) is 3.26. The van der Waals surface area contributed by atoms with E-state index in [4.69, 9.17) is 0 Å². The highest BCUT2D eigenvalue weighted by atomic mass is 16.3. The fourth-order valence-electron chi connectivity index (χ4n) is 2.57. The van der Waals surface area contributed by atoms with Crippen molar-refractivity contribution in [2.24, 2.45) is 0 Å². The van der Waals surface area contributed by atoms with Gasteiger partial charge in [-0.05, 0) is 38.8 Å². The maximum Gasteiger partial charge on any atom is 0.193 e. The molecule has 0 aliphatic carbocycles. The quantitative estimate of drug-likeness (QED) is 0.851. The zero-order valence-corrected chi connectivity index (χ0v) is 13.4. The summed E-state index contributed by atoms with van der Waals surface area (Å²) in [6.07, 6.45) is 0. The Labute approximate surface area is 131 Å². The highest BCUT2D eigenvalue weighted by Gasteiger charge is 2.27. The molecule has 0 amide bonds. The summed E-state index contributed by atoms with van der Waals surface area (Å²) in [6, 6.07) is 14.1. The highest BCUT2D eigenvalue weighted by molar-refractivity contribution is 6.11. The monoisotopic (exact) mass is 298 g/mol. The molecule has 2 rings (SSSR count). The fraction of sp³-hybridized carbons (Fsp3) is 0.316. The molecule has 0 unspecified atom stereocenters. The van der Waals surface area contributed by atoms with Gasteiger partial charge in [0.15, 0.2) is 5.78 Å². The largest absolute Gasteiger partial charge is 0.386 e. The second kappa shape index (κ2) is 5.67. The second-order valence-electron chi connectivity index (χ2n) is 6.54. The molecule has 0 atom stereocenters. The molecule has 2 N–H and O–H groups in total. The molecule has 0 fully saturated rings. The third-order valence-corrected chi connectivity index (χ3v) is 3.66. The standard InChI is InChI=1S/C19H22O3/c1-18(2,21)15-11-7-5-9-13(15)17(20)14-10-6-8-12-16(14)19(3,4)22/h5-12,21-22H,1-4H3. The lowest BCUT2D eigenvalue weighted by Crippen LogP contribution is -2.23. The molecule has 0 spiro atoms. The van der Waals surface area contributed by atoms with Crippen LogP contribution >= 0.6 is 0 Å². The number of ketones is 1. The molecule has 0 aliphatic heterocycles. The van der Waals surface area contributed by atoms with E-state index in [0.29, 0.717) is 22.3 Å². The van der Waals surface area contributed by atoms with E-state index in [9.17, 15) is 15.0 Å². The Hall–Kier alpha value is -1.97. The molecule has 0 radical (unpaired) electrons. The molecule has 22 heavy (non-hydrogen) atoms. The molecule has 3 nitrogen and oxygen atoms in total. The summed E-state index contributed by atoms with van der Waals surface area (Å²) in [5, 5.41) is 20.6. The van der Waals surface area contributed by atoms with Gasteiger partial charge < -0.3 is 10.2 Å². The molecular weight excluding hydrogens is 276 g/mol. The van der Waals surface area contributed by atoms with Crippen LogP contribution in [0.15, 0.2) is 48.5 Å². The molecule has 2 aromatic rings. The Bertz CT molecular complexity index is 629. The molecule has 0 aromatic heterocycles.